The Morgan fingerprint density at radius 2 is 2.04 bits per heavy atom. The number of hydrogen-bond donors (Lipinski definition) is 1. The number of amides is 1. The number of nitrogens with one attached hydrogen (secondary N) is 1. The maximum Gasteiger partial charge on any atom is 0.258 e. The van der Waals surface area contributed by atoms with Gasteiger partial charge in [-0.25, -0.2) is 4.39 Å². The van der Waals surface area contributed by atoms with Gasteiger partial charge in [0.05, 0.1) is 15.6 Å². The van der Waals surface area contributed by atoms with Crippen LogP contribution in [-0.2, 0) is 6.54 Å². The minimum Gasteiger partial charge on any atom is -0.322 e. The Balaban J connectivity index is 1.59. The van der Waals surface area contributed by atoms with E-state index in [2.05, 4.69) is 37.2 Å². The molecule has 1 aromatic heterocycles. The molecule has 1 aliphatic heterocycles. The molecule has 28 heavy (non-hydrogen) atoms. The topological polar surface area (TPSA) is 45.2 Å². The molecular formula is C22H21BrFN3O. The van der Waals surface area contributed by atoms with E-state index < -0.39 is 11.7 Å². The molecule has 6 heteroatoms. The van der Waals surface area contributed by atoms with Crippen molar-refractivity contribution in [3.8, 4) is 0 Å². The SMILES string of the molecule is Cc1c(NC(=O)c2cccc(Br)c2F)ccc2cc(CN3CCCC3)cnc12. The average molecular weight is 442 g/mol. The van der Waals surface area contributed by atoms with Crippen molar-refractivity contribution < 1.29 is 9.18 Å². The van der Waals surface area contributed by atoms with Crippen molar-refractivity contribution in [2.45, 2.75) is 26.3 Å². The van der Waals surface area contributed by atoms with E-state index in [1.54, 1.807) is 12.1 Å². The summed E-state index contributed by atoms with van der Waals surface area (Å²) >= 11 is 3.12. The lowest BCUT2D eigenvalue weighted by molar-refractivity contribution is 0.102. The van der Waals surface area contributed by atoms with Gasteiger partial charge in [0.15, 0.2) is 0 Å². The van der Waals surface area contributed by atoms with Crippen LogP contribution in [0.25, 0.3) is 10.9 Å². The summed E-state index contributed by atoms with van der Waals surface area (Å²) in [6.45, 7) is 5.13. The Morgan fingerprint density at radius 3 is 2.82 bits per heavy atom. The van der Waals surface area contributed by atoms with Crippen LogP contribution in [0.1, 0.15) is 34.3 Å². The van der Waals surface area contributed by atoms with Crippen LogP contribution in [0.5, 0.6) is 0 Å². The average Bonchev–Trinajstić information content (AvgIpc) is 3.19. The van der Waals surface area contributed by atoms with Crippen LogP contribution in [0, 0.1) is 12.7 Å². The number of fused-ring (bicyclic) bond motifs is 1. The van der Waals surface area contributed by atoms with Gasteiger partial charge in [-0.1, -0.05) is 12.1 Å². The zero-order valence-corrected chi connectivity index (χ0v) is 17.2. The van der Waals surface area contributed by atoms with E-state index in [0.717, 1.165) is 36.1 Å². The molecule has 0 spiro atoms. The van der Waals surface area contributed by atoms with E-state index in [1.165, 1.54) is 24.5 Å². The first kappa shape index (κ1) is 19.0. The molecule has 2 aromatic carbocycles. The Labute approximate surface area is 171 Å². The lowest BCUT2D eigenvalue weighted by Gasteiger charge is -2.15. The number of carbonyl (C=O) groups excluding carboxylic acids is 1. The summed E-state index contributed by atoms with van der Waals surface area (Å²) in [5.41, 5.74) is 3.55. The molecule has 4 rings (SSSR count). The summed E-state index contributed by atoms with van der Waals surface area (Å²) in [7, 11) is 0. The summed E-state index contributed by atoms with van der Waals surface area (Å²) in [6, 6.07) is 10.6. The predicted molar refractivity (Wildman–Crippen MR) is 113 cm³/mol. The fourth-order valence-corrected chi connectivity index (χ4v) is 4.05. The lowest BCUT2D eigenvalue weighted by atomic mass is 10.1. The summed E-state index contributed by atoms with van der Waals surface area (Å²) in [5.74, 6) is -1.05. The van der Waals surface area contributed by atoms with Crippen LogP contribution >= 0.6 is 15.9 Å². The second kappa shape index (κ2) is 7.97. The van der Waals surface area contributed by atoms with Gasteiger partial charge in [-0.3, -0.25) is 14.7 Å². The van der Waals surface area contributed by atoms with Crippen LogP contribution in [0.2, 0.25) is 0 Å². The third-order valence-electron chi connectivity index (χ3n) is 5.21. The lowest BCUT2D eigenvalue weighted by Crippen LogP contribution is -2.18. The normalized spacial score (nSPS) is 14.5. The largest absolute Gasteiger partial charge is 0.322 e. The molecule has 0 unspecified atom stereocenters. The van der Waals surface area contributed by atoms with Gasteiger partial charge in [0, 0.05) is 23.8 Å². The molecular weight excluding hydrogens is 421 g/mol. The van der Waals surface area contributed by atoms with Crippen LogP contribution in [-0.4, -0.2) is 28.9 Å². The monoisotopic (exact) mass is 441 g/mol. The summed E-state index contributed by atoms with van der Waals surface area (Å²) in [6.07, 6.45) is 4.44. The van der Waals surface area contributed by atoms with Gasteiger partial charge in [0.2, 0.25) is 0 Å². The summed E-state index contributed by atoms with van der Waals surface area (Å²) in [4.78, 5) is 19.6. The Hall–Kier alpha value is -2.31. The quantitative estimate of drug-likeness (QED) is 0.597. The molecule has 3 aromatic rings. The van der Waals surface area contributed by atoms with Crippen molar-refractivity contribution in [3.05, 3.63) is 69.6 Å². The van der Waals surface area contributed by atoms with E-state index in [0.29, 0.717) is 5.69 Å². The van der Waals surface area contributed by atoms with E-state index >= 15 is 0 Å². The number of benzene rings is 2. The van der Waals surface area contributed by atoms with Crippen LogP contribution < -0.4 is 5.32 Å². The highest BCUT2D eigenvalue weighted by molar-refractivity contribution is 9.10. The number of halogens is 2. The number of carbonyl (C=O) groups is 1. The van der Waals surface area contributed by atoms with E-state index in [4.69, 9.17) is 0 Å². The molecule has 1 fully saturated rings. The van der Waals surface area contributed by atoms with Gasteiger partial charge in [0.1, 0.15) is 5.82 Å². The van der Waals surface area contributed by atoms with Gasteiger partial charge in [0.25, 0.3) is 5.91 Å². The second-order valence-corrected chi connectivity index (χ2v) is 8.05. The van der Waals surface area contributed by atoms with Gasteiger partial charge in [-0.15, -0.1) is 0 Å². The first-order valence-electron chi connectivity index (χ1n) is 9.39. The Morgan fingerprint density at radius 1 is 1.25 bits per heavy atom. The van der Waals surface area contributed by atoms with E-state index in [-0.39, 0.29) is 10.0 Å². The highest BCUT2D eigenvalue weighted by Crippen LogP contribution is 2.26. The molecule has 1 aliphatic rings. The van der Waals surface area contributed by atoms with Gasteiger partial charge in [-0.05, 0) is 84.2 Å². The zero-order valence-electron chi connectivity index (χ0n) is 15.6. The fraction of sp³-hybridized carbons (Fsp3) is 0.273. The fourth-order valence-electron chi connectivity index (χ4n) is 3.68. The van der Waals surface area contributed by atoms with E-state index in [1.807, 2.05) is 25.3 Å². The van der Waals surface area contributed by atoms with Crippen molar-refractivity contribution in [2.75, 3.05) is 18.4 Å². The Bertz CT molecular complexity index is 1050. The van der Waals surface area contributed by atoms with E-state index in [9.17, 15) is 9.18 Å². The number of likely N-dealkylation sites (tertiary alicyclic amines) is 1. The van der Waals surface area contributed by atoms with Crippen LogP contribution in [0.4, 0.5) is 10.1 Å². The maximum absolute atomic E-state index is 14.2. The second-order valence-electron chi connectivity index (χ2n) is 7.19. The number of hydrogen-bond acceptors (Lipinski definition) is 3. The smallest absolute Gasteiger partial charge is 0.258 e. The van der Waals surface area contributed by atoms with Gasteiger partial charge < -0.3 is 5.32 Å². The summed E-state index contributed by atoms with van der Waals surface area (Å²) in [5, 5.41) is 3.85. The third-order valence-corrected chi connectivity index (χ3v) is 5.82. The number of nitrogens with zero attached hydrogens (tertiary/aromatic N) is 2. The zero-order chi connectivity index (χ0) is 19.7. The number of aryl methyl sites for hydroxylation is 1. The molecule has 0 radical (unpaired) electrons. The van der Waals surface area contributed by atoms with Crippen LogP contribution in [0.15, 0.2) is 47.1 Å². The first-order chi connectivity index (χ1) is 13.5. The molecule has 0 aliphatic carbocycles. The standard InChI is InChI=1S/C22H21BrFN3O/c1-14-19(26-22(28)17-5-4-6-18(23)20(17)24)8-7-16-11-15(12-25-21(14)16)13-27-9-2-3-10-27/h4-8,11-12H,2-3,9-10,13H2,1H3,(H,26,28). The molecule has 144 valence electrons. The summed E-state index contributed by atoms with van der Waals surface area (Å²) < 4.78 is 14.5. The number of anilines is 1. The minimum absolute atomic E-state index is 0.00259. The molecule has 1 amide bonds. The molecule has 4 nitrogen and oxygen atoms in total. The van der Waals surface area contributed by atoms with Crippen molar-refractivity contribution in [1.82, 2.24) is 9.88 Å². The van der Waals surface area contributed by atoms with Crippen molar-refractivity contribution in [3.63, 3.8) is 0 Å². The maximum atomic E-state index is 14.2. The van der Waals surface area contributed by atoms with Crippen molar-refractivity contribution in [1.29, 1.82) is 0 Å². The molecule has 2 heterocycles. The third kappa shape index (κ3) is 3.80. The highest BCUT2D eigenvalue weighted by atomic mass is 79.9. The molecule has 0 bridgehead atoms. The number of aromatic nitrogens is 1. The molecule has 0 saturated carbocycles. The number of rotatable bonds is 4. The van der Waals surface area contributed by atoms with Gasteiger partial charge in [-0.2, -0.15) is 0 Å². The predicted octanol–water partition coefficient (Wildman–Crippen LogP) is 5.29. The highest BCUT2D eigenvalue weighted by Gasteiger charge is 2.16. The molecule has 1 saturated heterocycles. The van der Waals surface area contributed by atoms with Gasteiger partial charge >= 0.3 is 0 Å². The molecule has 1 N–H and O–H groups in total. The Kier molecular flexibility index (Phi) is 5.42. The first-order valence-corrected chi connectivity index (χ1v) is 10.2. The van der Waals surface area contributed by atoms with Crippen molar-refractivity contribution >= 4 is 38.4 Å². The van der Waals surface area contributed by atoms with Crippen molar-refractivity contribution in [2.24, 2.45) is 0 Å². The van der Waals surface area contributed by atoms with Crippen LogP contribution in [0.3, 0.4) is 0 Å². The minimum atomic E-state index is -0.567. The molecule has 0 atom stereocenters. The number of pyridine rings is 1.